The van der Waals surface area contributed by atoms with E-state index in [4.69, 9.17) is 32.7 Å². The molecule has 2 heterocycles. The molecular formula is C23H24Cl2F2N2O4. The van der Waals surface area contributed by atoms with Crippen LogP contribution in [0.15, 0.2) is 18.2 Å². The van der Waals surface area contributed by atoms with Crippen LogP contribution in [0.1, 0.15) is 26.3 Å². The average molecular weight is 501 g/mol. The number of fused-ring (bicyclic) bond motifs is 2. The lowest BCUT2D eigenvalue weighted by Crippen LogP contribution is -2.56. The third-order valence-electron chi connectivity index (χ3n) is 5.65. The van der Waals surface area contributed by atoms with Crippen LogP contribution in [0.2, 0.25) is 10.0 Å². The summed E-state index contributed by atoms with van der Waals surface area (Å²) >= 11 is 12.7. The molecule has 0 spiro atoms. The Hall–Kier alpha value is -2.29. The lowest BCUT2D eigenvalue weighted by molar-refractivity contribution is -0.00164. The number of carbonyl (C=O) groups excluding carboxylic acids is 1. The van der Waals surface area contributed by atoms with Crippen LogP contribution in [-0.2, 0) is 11.3 Å². The molecule has 1 amide bonds. The molecule has 2 aromatic carbocycles. The Kier molecular flexibility index (Phi) is 6.37. The molecule has 2 aliphatic heterocycles. The van der Waals surface area contributed by atoms with Gasteiger partial charge in [0.05, 0.1) is 16.1 Å². The van der Waals surface area contributed by atoms with Crippen molar-refractivity contribution in [3.63, 3.8) is 0 Å². The molecule has 1 fully saturated rings. The number of hydrogen-bond acceptors (Lipinski definition) is 5. The molecule has 0 radical (unpaired) electrons. The van der Waals surface area contributed by atoms with Gasteiger partial charge < -0.3 is 19.5 Å². The van der Waals surface area contributed by atoms with Crippen molar-refractivity contribution >= 4 is 29.3 Å². The molecule has 0 aromatic heterocycles. The largest absolute Gasteiger partial charge is 0.507 e. The highest BCUT2D eigenvalue weighted by Crippen LogP contribution is 2.48. The van der Waals surface area contributed by atoms with Crippen molar-refractivity contribution in [2.24, 2.45) is 0 Å². The molecule has 2 aromatic rings. The first-order chi connectivity index (χ1) is 15.5. The summed E-state index contributed by atoms with van der Waals surface area (Å²) < 4.78 is 41.8. The highest BCUT2D eigenvalue weighted by molar-refractivity contribution is 6.37. The molecule has 1 saturated heterocycles. The topological polar surface area (TPSA) is 62.2 Å². The lowest BCUT2D eigenvalue weighted by Gasteiger charge is -2.40. The summed E-state index contributed by atoms with van der Waals surface area (Å²) in [6.07, 6.45) is -0.435. The molecule has 6 nitrogen and oxygen atoms in total. The second-order valence-corrected chi connectivity index (χ2v) is 9.91. The van der Waals surface area contributed by atoms with Crippen LogP contribution >= 0.6 is 23.2 Å². The van der Waals surface area contributed by atoms with Crippen LogP contribution in [0.25, 0.3) is 11.1 Å². The van der Waals surface area contributed by atoms with Gasteiger partial charge in [0.15, 0.2) is 11.6 Å². The van der Waals surface area contributed by atoms with Crippen LogP contribution in [0.4, 0.5) is 13.6 Å². The van der Waals surface area contributed by atoms with Crippen LogP contribution < -0.4 is 4.74 Å². The van der Waals surface area contributed by atoms with Crippen molar-refractivity contribution in [3.8, 4) is 22.6 Å². The maximum atomic E-state index is 15.3. The third-order valence-corrected chi connectivity index (χ3v) is 6.32. The number of phenols is 1. The van der Waals surface area contributed by atoms with Gasteiger partial charge in [-0.1, -0.05) is 29.3 Å². The number of carbonyl (C=O) groups is 1. The van der Waals surface area contributed by atoms with Gasteiger partial charge in [-0.3, -0.25) is 4.90 Å². The van der Waals surface area contributed by atoms with Gasteiger partial charge in [-0.25, -0.2) is 13.6 Å². The zero-order valence-electron chi connectivity index (χ0n) is 18.4. The van der Waals surface area contributed by atoms with Crippen LogP contribution in [0, 0.1) is 11.6 Å². The summed E-state index contributed by atoms with van der Waals surface area (Å²) in [4.78, 5) is 16.0. The van der Waals surface area contributed by atoms with E-state index in [9.17, 15) is 9.90 Å². The van der Waals surface area contributed by atoms with Gasteiger partial charge in [-0.15, -0.1) is 0 Å². The highest BCUT2D eigenvalue weighted by Gasteiger charge is 2.37. The maximum absolute atomic E-state index is 15.3. The first-order valence-electron chi connectivity index (χ1n) is 10.5. The number of ether oxygens (including phenoxy) is 2. The van der Waals surface area contributed by atoms with E-state index < -0.39 is 23.3 Å². The van der Waals surface area contributed by atoms with E-state index in [0.29, 0.717) is 19.6 Å². The molecule has 1 atom stereocenters. The Morgan fingerprint density at radius 3 is 2.58 bits per heavy atom. The summed E-state index contributed by atoms with van der Waals surface area (Å²) in [5, 5.41) is 10.1. The van der Waals surface area contributed by atoms with Crippen molar-refractivity contribution in [1.82, 2.24) is 9.80 Å². The van der Waals surface area contributed by atoms with E-state index in [-0.39, 0.29) is 57.4 Å². The number of phenolic OH excluding ortho intramolecular Hbond substituents is 1. The number of nitrogens with zero attached hydrogens (tertiary/aromatic N) is 2. The smallest absolute Gasteiger partial charge is 0.410 e. The van der Waals surface area contributed by atoms with Gasteiger partial charge in [-0.2, -0.15) is 0 Å². The molecule has 4 rings (SSSR count). The number of rotatable bonds is 1. The molecule has 10 heteroatoms. The average Bonchev–Trinajstić information content (AvgIpc) is 2.92. The molecule has 33 heavy (non-hydrogen) atoms. The van der Waals surface area contributed by atoms with E-state index in [1.165, 1.54) is 18.2 Å². The van der Waals surface area contributed by atoms with Crippen molar-refractivity contribution in [3.05, 3.63) is 45.4 Å². The van der Waals surface area contributed by atoms with Crippen molar-refractivity contribution in [2.45, 2.75) is 39.0 Å². The minimum absolute atomic E-state index is 0.00287. The van der Waals surface area contributed by atoms with E-state index in [2.05, 4.69) is 0 Å². The fraction of sp³-hybridized carbons (Fsp3) is 0.435. The van der Waals surface area contributed by atoms with Gasteiger partial charge in [0.2, 0.25) is 0 Å². The standard InChI is InChI=1S/C23H24Cl2F2N2O4/c1-23(2,3)33-22(31)29-8-7-28-10-13-19(26)20(27)17(16-14(24)5-4-6-15(16)30)18(25)21(13)32-11-12(28)9-29/h4-6,12,30H,7-11H2,1-3H3/t12-/m1/s1. The Balaban J connectivity index is 1.67. The maximum Gasteiger partial charge on any atom is 0.410 e. The minimum Gasteiger partial charge on any atom is -0.507 e. The second-order valence-electron chi connectivity index (χ2n) is 9.12. The number of amides is 1. The highest BCUT2D eigenvalue weighted by atomic mass is 35.5. The quantitative estimate of drug-likeness (QED) is 0.526. The second kappa shape index (κ2) is 8.81. The molecule has 2 aliphatic rings. The number of hydrogen-bond donors (Lipinski definition) is 1. The summed E-state index contributed by atoms with van der Waals surface area (Å²) in [5.74, 6) is -2.65. The Labute approximate surface area is 200 Å². The number of aromatic hydroxyl groups is 1. The monoisotopic (exact) mass is 500 g/mol. The van der Waals surface area contributed by atoms with E-state index in [0.717, 1.165) is 0 Å². The summed E-state index contributed by atoms with van der Waals surface area (Å²) in [7, 11) is 0. The van der Waals surface area contributed by atoms with Gasteiger partial charge >= 0.3 is 6.09 Å². The van der Waals surface area contributed by atoms with Crippen LogP contribution in [0.3, 0.4) is 0 Å². The van der Waals surface area contributed by atoms with Gasteiger partial charge in [0.1, 0.15) is 23.7 Å². The summed E-state index contributed by atoms with van der Waals surface area (Å²) in [6.45, 7) is 6.65. The van der Waals surface area contributed by atoms with E-state index in [1.807, 2.05) is 4.90 Å². The number of piperazine rings is 1. The van der Waals surface area contributed by atoms with Crippen molar-refractivity contribution in [1.29, 1.82) is 0 Å². The molecule has 0 aliphatic carbocycles. The molecule has 1 N–H and O–H groups in total. The number of benzene rings is 2. The first kappa shape index (κ1) is 23.9. The zero-order chi connectivity index (χ0) is 24.1. The Bertz CT molecular complexity index is 1090. The molecule has 178 valence electrons. The summed E-state index contributed by atoms with van der Waals surface area (Å²) in [6, 6.07) is 3.97. The lowest BCUT2D eigenvalue weighted by atomic mass is 9.99. The fourth-order valence-corrected chi connectivity index (χ4v) is 4.70. The van der Waals surface area contributed by atoms with Gasteiger partial charge in [-0.05, 0) is 32.9 Å². The predicted octanol–water partition coefficient (Wildman–Crippen LogP) is 5.46. The number of halogens is 4. The molecule has 0 bridgehead atoms. The SMILES string of the molecule is CC(C)(C)OC(=O)N1CCN2Cc3c(F)c(F)c(-c4c(O)cccc4Cl)c(Cl)c3OC[C@H]2C1. The molecule has 0 unspecified atom stereocenters. The zero-order valence-corrected chi connectivity index (χ0v) is 19.9. The van der Waals surface area contributed by atoms with E-state index >= 15 is 8.78 Å². The Morgan fingerprint density at radius 2 is 1.91 bits per heavy atom. The van der Waals surface area contributed by atoms with Gasteiger partial charge in [0, 0.05) is 42.9 Å². The third kappa shape index (κ3) is 4.56. The molecular weight excluding hydrogens is 477 g/mol. The minimum atomic E-state index is -1.21. The summed E-state index contributed by atoms with van der Waals surface area (Å²) in [5.41, 5.74) is -1.10. The first-order valence-corrected chi connectivity index (χ1v) is 11.3. The van der Waals surface area contributed by atoms with Gasteiger partial charge in [0.25, 0.3) is 0 Å². The van der Waals surface area contributed by atoms with Crippen molar-refractivity contribution in [2.75, 3.05) is 26.2 Å². The normalized spacial score (nSPS) is 18.8. The van der Waals surface area contributed by atoms with Crippen LogP contribution in [0.5, 0.6) is 11.5 Å². The molecule has 0 saturated carbocycles. The predicted molar refractivity (Wildman–Crippen MR) is 121 cm³/mol. The fourth-order valence-electron chi connectivity index (χ4n) is 4.09. The van der Waals surface area contributed by atoms with Crippen molar-refractivity contribution < 1.29 is 28.2 Å². The van der Waals surface area contributed by atoms with E-state index in [1.54, 1.807) is 25.7 Å². The Morgan fingerprint density at radius 1 is 1.18 bits per heavy atom. The van der Waals surface area contributed by atoms with Crippen LogP contribution in [-0.4, -0.2) is 58.9 Å².